The molecule has 0 saturated heterocycles. The Labute approximate surface area is 208 Å². The molecule has 3 rings (SSSR count). The SMILES string of the molecule is CCCCC1(CC)CN(c2ccccc2)c2cc(SCC)c(O/C=C/C(=O)O)cc2S(O)(O)C1. The van der Waals surface area contributed by atoms with E-state index in [1.165, 1.54) is 0 Å². The number of carboxylic acid groups (broad SMARTS) is 1. The number of benzene rings is 2. The van der Waals surface area contributed by atoms with Gasteiger partial charge in [-0.15, -0.1) is 11.8 Å². The molecule has 3 N–H and O–H groups in total. The summed E-state index contributed by atoms with van der Waals surface area (Å²) in [5.74, 6) is 0.392. The predicted octanol–water partition coefficient (Wildman–Crippen LogP) is 7.62. The number of hydrogen-bond acceptors (Lipinski definition) is 6. The maximum absolute atomic E-state index is 11.5. The van der Waals surface area contributed by atoms with E-state index in [0.29, 0.717) is 17.2 Å². The first kappa shape index (κ1) is 26.5. The number of rotatable bonds is 10. The molecule has 0 fully saturated rings. The highest BCUT2D eigenvalue weighted by Crippen LogP contribution is 2.62. The maximum Gasteiger partial charge on any atom is 0.331 e. The number of thioether (sulfide) groups is 1. The summed E-state index contributed by atoms with van der Waals surface area (Å²) < 4.78 is 28.7. The van der Waals surface area contributed by atoms with Gasteiger partial charge in [0.05, 0.1) is 27.8 Å². The quantitative estimate of drug-likeness (QED) is 0.174. The first-order valence-electron chi connectivity index (χ1n) is 11.7. The van der Waals surface area contributed by atoms with Crippen molar-refractivity contribution in [3.05, 3.63) is 54.8 Å². The number of carbonyl (C=O) groups is 1. The monoisotopic (exact) mass is 505 g/mol. The van der Waals surface area contributed by atoms with Gasteiger partial charge < -0.3 is 14.7 Å². The average molecular weight is 506 g/mol. The molecule has 2 aromatic rings. The van der Waals surface area contributed by atoms with Gasteiger partial charge in [0.2, 0.25) is 0 Å². The normalized spacial score (nSPS) is 20.6. The van der Waals surface area contributed by atoms with Gasteiger partial charge in [-0.05, 0) is 36.8 Å². The number of para-hydroxylation sites is 1. The highest BCUT2D eigenvalue weighted by atomic mass is 32.3. The fraction of sp³-hybridized carbons (Fsp3) is 0.423. The number of unbranched alkanes of at least 4 members (excludes halogenated alkanes) is 1. The zero-order valence-electron chi connectivity index (χ0n) is 20.1. The molecule has 1 unspecified atom stereocenters. The molecule has 0 amide bonds. The molecule has 34 heavy (non-hydrogen) atoms. The molecule has 8 heteroatoms. The van der Waals surface area contributed by atoms with Crippen molar-refractivity contribution in [1.82, 2.24) is 0 Å². The second-order valence-electron chi connectivity index (χ2n) is 8.65. The van der Waals surface area contributed by atoms with Crippen LogP contribution in [0, 0.1) is 5.41 Å². The molecule has 2 aromatic carbocycles. The van der Waals surface area contributed by atoms with Gasteiger partial charge in [0, 0.05) is 29.5 Å². The molecule has 186 valence electrons. The van der Waals surface area contributed by atoms with Crippen LogP contribution in [0.4, 0.5) is 11.4 Å². The third-order valence-electron chi connectivity index (χ3n) is 6.25. The molecular weight excluding hydrogens is 470 g/mol. The van der Waals surface area contributed by atoms with Crippen LogP contribution in [-0.2, 0) is 4.79 Å². The minimum Gasteiger partial charge on any atom is -0.478 e. The molecule has 1 heterocycles. The minimum absolute atomic E-state index is 0.258. The molecule has 0 radical (unpaired) electrons. The summed E-state index contributed by atoms with van der Waals surface area (Å²) in [7, 11) is -3.14. The third-order valence-corrected chi connectivity index (χ3v) is 9.22. The Morgan fingerprint density at radius 1 is 1.21 bits per heavy atom. The van der Waals surface area contributed by atoms with Gasteiger partial charge in [0.15, 0.2) is 0 Å². The van der Waals surface area contributed by atoms with Gasteiger partial charge >= 0.3 is 5.97 Å². The number of hydrogen-bond donors (Lipinski definition) is 3. The molecular formula is C26H35NO5S2. The first-order valence-corrected chi connectivity index (χ1v) is 14.4. The van der Waals surface area contributed by atoms with Crippen LogP contribution in [0.25, 0.3) is 0 Å². The average Bonchev–Trinajstić information content (AvgIpc) is 2.91. The summed E-state index contributed by atoms with van der Waals surface area (Å²) >= 11 is 1.57. The summed E-state index contributed by atoms with van der Waals surface area (Å²) in [4.78, 5) is 14.4. The van der Waals surface area contributed by atoms with Crippen LogP contribution in [0.1, 0.15) is 46.5 Å². The largest absolute Gasteiger partial charge is 0.478 e. The molecule has 1 aliphatic rings. The Hall–Kier alpha value is -2.13. The summed E-state index contributed by atoms with van der Waals surface area (Å²) in [5, 5.41) is 8.94. The van der Waals surface area contributed by atoms with Crippen molar-refractivity contribution in [3.63, 3.8) is 0 Å². The number of ether oxygens (including phenoxy) is 1. The van der Waals surface area contributed by atoms with E-state index in [0.717, 1.165) is 60.0 Å². The maximum atomic E-state index is 11.5. The van der Waals surface area contributed by atoms with Crippen molar-refractivity contribution in [2.45, 2.75) is 56.2 Å². The van der Waals surface area contributed by atoms with Crippen molar-refractivity contribution in [1.29, 1.82) is 0 Å². The van der Waals surface area contributed by atoms with Gasteiger partial charge in [-0.3, -0.25) is 9.11 Å². The smallest absolute Gasteiger partial charge is 0.331 e. The lowest BCUT2D eigenvalue weighted by Gasteiger charge is -2.41. The Kier molecular flexibility index (Phi) is 8.98. The van der Waals surface area contributed by atoms with Crippen molar-refractivity contribution in [3.8, 4) is 5.75 Å². The van der Waals surface area contributed by atoms with Crippen molar-refractivity contribution >= 4 is 39.7 Å². The number of nitrogens with zero attached hydrogens (tertiary/aromatic N) is 1. The molecule has 0 bridgehead atoms. The lowest BCUT2D eigenvalue weighted by Crippen LogP contribution is -2.37. The molecule has 1 atom stereocenters. The molecule has 1 aliphatic heterocycles. The zero-order valence-corrected chi connectivity index (χ0v) is 21.7. The van der Waals surface area contributed by atoms with E-state index in [-0.39, 0.29) is 11.2 Å². The topological polar surface area (TPSA) is 90.2 Å². The lowest BCUT2D eigenvalue weighted by molar-refractivity contribution is -0.131. The third kappa shape index (κ3) is 6.10. The molecule has 0 aromatic heterocycles. The standard InChI is InChI=1S/C26H35NO5S2/c1-4-7-14-26(5-2)18-27(20-11-9-8-10-12-20)21-16-23(33-6-3)22(32-15-13-25(28)29)17-24(21)34(30,31)19-26/h8-13,15-17,30-31H,4-7,14,18-19H2,1-3H3,(H,28,29)/b15-13+. The highest BCUT2D eigenvalue weighted by Gasteiger charge is 2.42. The highest BCUT2D eigenvalue weighted by molar-refractivity contribution is 8.24. The van der Waals surface area contributed by atoms with Gasteiger partial charge in [0.25, 0.3) is 0 Å². The van der Waals surface area contributed by atoms with Crippen LogP contribution in [0.15, 0.2) is 64.6 Å². The van der Waals surface area contributed by atoms with E-state index in [9.17, 15) is 13.9 Å². The van der Waals surface area contributed by atoms with Gasteiger partial charge in [-0.1, -0.05) is 51.8 Å². The lowest BCUT2D eigenvalue weighted by atomic mass is 9.81. The number of fused-ring (bicyclic) bond motifs is 1. The molecule has 6 nitrogen and oxygen atoms in total. The summed E-state index contributed by atoms with van der Waals surface area (Å²) in [5.41, 5.74) is 1.51. The van der Waals surface area contributed by atoms with Crippen LogP contribution >= 0.6 is 22.4 Å². The Bertz CT molecular complexity index is 1010. The summed E-state index contributed by atoms with van der Waals surface area (Å²) in [6.07, 6.45) is 5.86. The van der Waals surface area contributed by atoms with Crippen LogP contribution in [0.5, 0.6) is 5.75 Å². The van der Waals surface area contributed by atoms with Crippen LogP contribution in [0.2, 0.25) is 0 Å². The molecule has 0 aliphatic carbocycles. The van der Waals surface area contributed by atoms with Crippen molar-refractivity contribution in [2.75, 3.05) is 23.0 Å². The second kappa shape index (κ2) is 11.5. The fourth-order valence-electron chi connectivity index (χ4n) is 4.43. The number of anilines is 2. The first-order chi connectivity index (χ1) is 16.2. The minimum atomic E-state index is -3.14. The van der Waals surface area contributed by atoms with E-state index in [1.54, 1.807) is 17.8 Å². The Balaban J connectivity index is 2.21. The van der Waals surface area contributed by atoms with Crippen molar-refractivity contribution < 1.29 is 23.7 Å². The number of carboxylic acids is 1. The Morgan fingerprint density at radius 3 is 2.56 bits per heavy atom. The van der Waals surface area contributed by atoms with Gasteiger partial charge in [-0.25, -0.2) is 4.79 Å². The van der Waals surface area contributed by atoms with Crippen LogP contribution < -0.4 is 9.64 Å². The summed E-state index contributed by atoms with van der Waals surface area (Å²) in [6, 6.07) is 13.7. The van der Waals surface area contributed by atoms with E-state index in [2.05, 4.69) is 18.7 Å². The van der Waals surface area contributed by atoms with E-state index < -0.39 is 16.6 Å². The van der Waals surface area contributed by atoms with E-state index >= 15 is 0 Å². The predicted molar refractivity (Wildman–Crippen MR) is 142 cm³/mol. The van der Waals surface area contributed by atoms with Crippen LogP contribution in [0.3, 0.4) is 0 Å². The Morgan fingerprint density at radius 2 is 1.94 bits per heavy atom. The van der Waals surface area contributed by atoms with E-state index in [4.69, 9.17) is 9.84 Å². The molecule has 0 spiro atoms. The molecule has 0 saturated carbocycles. The van der Waals surface area contributed by atoms with Gasteiger partial charge in [0.1, 0.15) is 5.75 Å². The number of aliphatic carboxylic acids is 1. The fourth-order valence-corrected chi connectivity index (χ4v) is 7.44. The van der Waals surface area contributed by atoms with E-state index in [1.807, 2.05) is 43.3 Å². The van der Waals surface area contributed by atoms with Crippen LogP contribution in [-0.4, -0.2) is 38.2 Å². The zero-order chi connectivity index (χ0) is 24.8. The van der Waals surface area contributed by atoms with Crippen molar-refractivity contribution in [2.24, 2.45) is 5.41 Å². The second-order valence-corrected chi connectivity index (χ2v) is 12.0. The summed E-state index contributed by atoms with van der Waals surface area (Å²) in [6.45, 7) is 7.01. The van der Waals surface area contributed by atoms with Gasteiger partial charge in [-0.2, -0.15) is 10.6 Å².